The molecule has 0 saturated heterocycles. The lowest BCUT2D eigenvalue weighted by Crippen LogP contribution is -2.02. The molecule has 0 spiro atoms. The lowest BCUT2D eigenvalue weighted by molar-refractivity contribution is 0.814. The van der Waals surface area contributed by atoms with Gasteiger partial charge in [0, 0.05) is 17.7 Å². The van der Waals surface area contributed by atoms with Crippen molar-refractivity contribution < 1.29 is 0 Å². The molecule has 5 heteroatoms. The Labute approximate surface area is 173 Å². The minimum Gasteiger partial charge on any atom is -0.319 e. The van der Waals surface area contributed by atoms with E-state index in [1.54, 1.807) is 11.8 Å². The molecule has 0 aliphatic carbocycles. The Morgan fingerprint density at radius 2 is 1.55 bits per heavy atom. The van der Waals surface area contributed by atoms with Gasteiger partial charge in [-0.1, -0.05) is 90.1 Å². The Morgan fingerprint density at radius 3 is 2.38 bits per heavy atom. The Hall–Kier alpha value is -3.18. The van der Waals surface area contributed by atoms with Crippen molar-refractivity contribution in [3.8, 4) is 0 Å². The minimum atomic E-state index is 0.703. The maximum absolute atomic E-state index is 4.89. The summed E-state index contributed by atoms with van der Waals surface area (Å²) in [6.07, 6.45) is 0. The minimum absolute atomic E-state index is 0.703. The first-order valence-corrected chi connectivity index (χ1v) is 10.6. The molecule has 0 saturated carbocycles. The highest BCUT2D eigenvalue weighted by atomic mass is 32.2. The molecule has 0 amide bonds. The van der Waals surface area contributed by atoms with Crippen molar-refractivity contribution in [2.45, 2.75) is 24.4 Å². The lowest BCUT2D eigenvalue weighted by atomic mass is 10.1. The second-order valence-electron chi connectivity index (χ2n) is 7.13. The summed E-state index contributed by atoms with van der Waals surface area (Å²) in [6, 6.07) is 27.3. The number of fused-ring (bicyclic) bond motifs is 3. The predicted molar refractivity (Wildman–Crippen MR) is 119 cm³/mol. The maximum atomic E-state index is 4.89. The van der Waals surface area contributed by atoms with Crippen molar-refractivity contribution in [3.63, 3.8) is 0 Å². The Balaban J connectivity index is 1.56. The molecule has 3 aromatic carbocycles. The first-order valence-electron chi connectivity index (χ1n) is 9.62. The van der Waals surface area contributed by atoms with Gasteiger partial charge in [-0.2, -0.15) is 0 Å². The highest BCUT2D eigenvalue weighted by Crippen LogP contribution is 2.28. The van der Waals surface area contributed by atoms with Crippen LogP contribution in [-0.4, -0.2) is 19.7 Å². The average molecular weight is 397 g/mol. The normalized spacial score (nSPS) is 11.3. The van der Waals surface area contributed by atoms with Gasteiger partial charge in [-0.25, -0.2) is 4.98 Å². The van der Waals surface area contributed by atoms with E-state index in [1.165, 1.54) is 16.7 Å². The van der Waals surface area contributed by atoms with Gasteiger partial charge in [-0.05, 0) is 24.1 Å². The molecule has 142 valence electrons. The van der Waals surface area contributed by atoms with E-state index in [0.717, 1.165) is 34.4 Å². The van der Waals surface area contributed by atoms with E-state index in [2.05, 4.69) is 88.4 Å². The van der Waals surface area contributed by atoms with Crippen LogP contribution in [0.15, 0.2) is 84.0 Å². The number of aromatic nitrogens is 4. The van der Waals surface area contributed by atoms with Gasteiger partial charge in [-0.3, -0.25) is 0 Å². The molecule has 2 heterocycles. The van der Waals surface area contributed by atoms with Gasteiger partial charge >= 0.3 is 0 Å². The maximum Gasteiger partial charge on any atom is 0.211 e. The molecule has 5 rings (SSSR count). The fraction of sp³-hybridized carbons (Fsp3) is 0.125. The summed E-state index contributed by atoms with van der Waals surface area (Å²) in [5, 5.41) is 10.7. The van der Waals surface area contributed by atoms with Crippen molar-refractivity contribution in [2.24, 2.45) is 0 Å². The van der Waals surface area contributed by atoms with Crippen molar-refractivity contribution in [1.29, 1.82) is 0 Å². The number of rotatable bonds is 5. The van der Waals surface area contributed by atoms with E-state index >= 15 is 0 Å². The smallest absolute Gasteiger partial charge is 0.211 e. The highest BCUT2D eigenvalue weighted by molar-refractivity contribution is 7.98. The molecule has 0 aliphatic heterocycles. The van der Waals surface area contributed by atoms with Gasteiger partial charge < -0.3 is 4.57 Å². The molecular weight excluding hydrogens is 376 g/mol. The van der Waals surface area contributed by atoms with E-state index in [1.807, 2.05) is 12.1 Å². The summed E-state index contributed by atoms with van der Waals surface area (Å²) in [5.41, 5.74) is 6.64. The van der Waals surface area contributed by atoms with Crippen LogP contribution in [0.5, 0.6) is 0 Å². The zero-order chi connectivity index (χ0) is 19.6. The van der Waals surface area contributed by atoms with Crippen molar-refractivity contribution in [2.75, 3.05) is 0 Å². The van der Waals surface area contributed by atoms with Crippen LogP contribution in [0.25, 0.3) is 22.1 Å². The van der Waals surface area contributed by atoms with Gasteiger partial charge in [-0.15, -0.1) is 10.2 Å². The van der Waals surface area contributed by atoms with Gasteiger partial charge in [0.2, 0.25) is 5.16 Å². The summed E-state index contributed by atoms with van der Waals surface area (Å²) >= 11 is 1.62. The van der Waals surface area contributed by atoms with Crippen LogP contribution in [0.3, 0.4) is 0 Å². The summed E-state index contributed by atoms with van der Waals surface area (Å²) in [7, 11) is 0. The van der Waals surface area contributed by atoms with E-state index in [4.69, 9.17) is 4.98 Å². The molecule has 0 aliphatic rings. The molecule has 4 nitrogen and oxygen atoms in total. The summed E-state index contributed by atoms with van der Waals surface area (Å²) in [4.78, 5) is 4.89. The molecule has 0 fully saturated rings. The van der Waals surface area contributed by atoms with Crippen molar-refractivity contribution >= 4 is 33.8 Å². The molecule has 0 N–H and O–H groups in total. The first-order chi connectivity index (χ1) is 14.3. The number of hydrogen-bond donors (Lipinski definition) is 0. The highest BCUT2D eigenvalue weighted by Gasteiger charge is 2.15. The topological polar surface area (TPSA) is 43.6 Å². The van der Waals surface area contributed by atoms with Gasteiger partial charge in [0.15, 0.2) is 5.65 Å². The molecule has 0 atom stereocenters. The molecule has 0 radical (unpaired) electrons. The lowest BCUT2D eigenvalue weighted by Gasteiger charge is -2.08. The van der Waals surface area contributed by atoms with E-state index in [9.17, 15) is 0 Å². The van der Waals surface area contributed by atoms with Crippen LogP contribution in [-0.2, 0) is 12.3 Å². The Morgan fingerprint density at radius 1 is 0.793 bits per heavy atom. The number of hydrogen-bond acceptors (Lipinski definition) is 4. The summed E-state index contributed by atoms with van der Waals surface area (Å²) in [5.74, 6) is 0.826. The van der Waals surface area contributed by atoms with Gasteiger partial charge in [0.05, 0.1) is 5.52 Å². The van der Waals surface area contributed by atoms with Gasteiger partial charge in [0.1, 0.15) is 5.52 Å². The van der Waals surface area contributed by atoms with E-state index in [-0.39, 0.29) is 0 Å². The standard InChI is InChI=1S/C24H20N4S/c1-17-11-13-18(14-12-17)15-28-21-10-6-5-9-20(21)22-23(28)25-24(27-26-22)29-16-19-7-3-2-4-8-19/h2-14H,15-16H2,1H3. The number of nitrogens with zero attached hydrogens (tertiary/aromatic N) is 4. The Bertz CT molecular complexity index is 1280. The van der Waals surface area contributed by atoms with Crippen LogP contribution >= 0.6 is 11.8 Å². The quantitative estimate of drug-likeness (QED) is 0.361. The van der Waals surface area contributed by atoms with Crippen LogP contribution in [0.4, 0.5) is 0 Å². The van der Waals surface area contributed by atoms with Crippen LogP contribution < -0.4 is 0 Å². The SMILES string of the molecule is Cc1ccc(Cn2c3ccccc3c3nnc(SCc4ccccc4)nc32)cc1. The van der Waals surface area contributed by atoms with Gasteiger partial charge in [0.25, 0.3) is 0 Å². The van der Waals surface area contributed by atoms with E-state index < -0.39 is 0 Å². The van der Waals surface area contributed by atoms with Crippen LogP contribution in [0.1, 0.15) is 16.7 Å². The predicted octanol–water partition coefficient (Wildman–Crippen LogP) is 5.63. The third-order valence-corrected chi connectivity index (χ3v) is 5.94. The van der Waals surface area contributed by atoms with Crippen molar-refractivity contribution in [3.05, 3.63) is 95.6 Å². The largest absolute Gasteiger partial charge is 0.319 e. The number of thioether (sulfide) groups is 1. The second kappa shape index (κ2) is 7.68. The van der Waals surface area contributed by atoms with E-state index in [0.29, 0.717) is 5.16 Å². The number of aryl methyl sites for hydroxylation is 1. The first kappa shape index (κ1) is 17.9. The summed E-state index contributed by atoms with van der Waals surface area (Å²) < 4.78 is 2.25. The summed E-state index contributed by atoms with van der Waals surface area (Å²) in [6.45, 7) is 2.86. The van der Waals surface area contributed by atoms with Crippen LogP contribution in [0, 0.1) is 6.92 Å². The molecule has 29 heavy (non-hydrogen) atoms. The fourth-order valence-electron chi connectivity index (χ4n) is 3.51. The molecule has 0 bridgehead atoms. The third-order valence-electron chi connectivity index (χ3n) is 5.03. The second-order valence-corrected chi connectivity index (χ2v) is 8.07. The van der Waals surface area contributed by atoms with Crippen molar-refractivity contribution in [1.82, 2.24) is 19.7 Å². The number of para-hydroxylation sites is 1. The average Bonchev–Trinajstić information content (AvgIpc) is 3.08. The zero-order valence-electron chi connectivity index (χ0n) is 16.1. The Kier molecular flexibility index (Phi) is 4.74. The molecule has 2 aromatic heterocycles. The molecule has 0 unspecified atom stereocenters. The number of benzene rings is 3. The molecule has 5 aromatic rings. The van der Waals surface area contributed by atoms with Crippen LogP contribution in [0.2, 0.25) is 0 Å². The monoisotopic (exact) mass is 396 g/mol. The third kappa shape index (κ3) is 3.61. The zero-order valence-corrected chi connectivity index (χ0v) is 16.9. The fourth-order valence-corrected chi connectivity index (χ4v) is 4.25. The molecular formula is C24H20N4S.